The standard InChI is InChI=1S/C14H9F3N4O3S/c15-6-1-3-7(4-2-6)19-14-20-12(18)11(25-14)10(22)8-5-9(21-24-8)23-13(16)17/h1-5,13H,18H2,(H,19,20). The van der Waals surface area contributed by atoms with Crippen LogP contribution in [0.15, 0.2) is 34.9 Å². The molecule has 0 fully saturated rings. The molecule has 0 saturated carbocycles. The topological polar surface area (TPSA) is 103 Å². The summed E-state index contributed by atoms with van der Waals surface area (Å²) in [5.41, 5.74) is 6.25. The molecule has 3 N–H and O–H groups in total. The highest BCUT2D eigenvalue weighted by molar-refractivity contribution is 7.18. The first-order valence-corrected chi connectivity index (χ1v) is 7.49. The van der Waals surface area contributed by atoms with E-state index in [0.29, 0.717) is 5.69 Å². The number of rotatable bonds is 6. The molecule has 0 aliphatic rings. The number of nitrogens with one attached hydrogen (secondary N) is 1. The van der Waals surface area contributed by atoms with E-state index >= 15 is 0 Å². The first kappa shape index (κ1) is 16.8. The van der Waals surface area contributed by atoms with Crippen molar-refractivity contribution in [2.75, 3.05) is 11.1 Å². The average Bonchev–Trinajstić information content (AvgIpc) is 3.15. The van der Waals surface area contributed by atoms with Gasteiger partial charge in [-0.05, 0) is 29.4 Å². The van der Waals surface area contributed by atoms with Gasteiger partial charge in [-0.15, -0.1) is 0 Å². The third-order valence-corrected chi connectivity index (χ3v) is 3.86. The number of carbonyl (C=O) groups is 1. The van der Waals surface area contributed by atoms with E-state index in [1.165, 1.54) is 24.3 Å². The molecule has 0 aliphatic carbocycles. The van der Waals surface area contributed by atoms with Crippen molar-refractivity contribution >= 4 is 33.8 Å². The monoisotopic (exact) mass is 370 g/mol. The molecule has 25 heavy (non-hydrogen) atoms. The molecule has 0 spiro atoms. The molecule has 2 heterocycles. The van der Waals surface area contributed by atoms with Gasteiger partial charge in [0, 0.05) is 5.69 Å². The molecule has 3 aromatic rings. The number of carbonyl (C=O) groups excluding carboxylic acids is 1. The number of anilines is 3. The molecule has 130 valence electrons. The minimum Gasteiger partial charge on any atom is -0.414 e. The van der Waals surface area contributed by atoms with Crippen molar-refractivity contribution in [2.45, 2.75) is 6.61 Å². The first-order chi connectivity index (χ1) is 11.9. The summed E-state index contributed by atoms with van der Waals surface area (Å²) in [6, 6.07) is 6.41. The molecule has 1 aromatic carbocycles. The number of nitrogen functional groups attached to an aromatic ring is 1. The van der Waals surface area contributed by atoms with Crippen molar-refractivity contribution in [2.24, 2.45) is 0 Å². The van der Waals surface area contributed by atoms with Crippen LogP contribution in [0.1, 0.15) is 15.4 Å². The largest absolute Gasteiger partial charge is 0.414 e. The van der Waals surface area contributed by atoms with E-state index in [2.05, 4.69) is 24.7 Å². The van der Waals surface area contributed by atoms with E-state index in [1.807, 2.05) is 0 Å². The van der Waals surface area contributed by atoms with Gasteiger partial charge in [0.15, 0.2) is 5.13 Å². The summed E-state index contributed by atoms with van der Waals surface area (Å²) >= 11 is 0.917. The van der Waals surface area contributed by atoms with Crippen LogP contribution in [0.4, 0.5) is 29.8 Å². The van der Waals surface area contributed by atoms with Crippen molar-refractivity contribution < 1.29 is 27.2 Å². The summed E-state index contributed by atoms with van der Waals surface area (Å²) in [6.45, 7) is -3.09. The highest BCUT2D eigenvalue weighted by Gasteiger charge is 2.23. The Kier molecular flexibility index (Phi) is 4.57. The smallest absolute Gasteiger partial charge is 0.388 e. The van der Waals surface area contributed by atoms with Crippen LogP contribution in [0.3, 0.4) is 0 Å². The van der Waals surface area contributed by atoms with Gasteiger partial charge in [0.1, 0.15) is 16.5 Å². The molecule has 3 rings (SSSR count). The lowest BCUT2D eigenvalue weighted by molar-refractivity contribution is -0.0545. The molecule has 0 atom stereocenters. The average molecular weight is 370 g/mol. The Bertz CT molecular complexity index is 895. The van der Waals surface area contributed by atoms with Crippen molar-refractivity contribution in [3.63, 3.8) is 0 Å². The molecule has 0 saturated heterocycles. The fourth-order valence-corrected chi connectivity index (χ4v) is 2.68. The molecule has 0 radical (unpaired) electrons. The fraction of sp³-hybridized carbons (Fsp3) is 0.0714. The molecule has 7 nitrogen and oxygen atoms in total. The number of nitrogens with two attached hydrogens (primary N) is 1. The third kappa shape index (κ3) is 3.88. The maximum Gasteiger partial charge on any atom is 0.388 e. The molecule has 2 aromatic heterocycles. The number of nitrogens with zero attached hydrogens (tertiary/aromatic N) is 2. The summed E-state index contributed by atoms with van der Waals surface area (Å²) < 4.78 is 45.8. The Balaban J connectivity index is 1.78. The Morgan fingerprint density at radius 3 is 2.72 bits per heavy atom. The quantitative estimate of drug-likeness (QED) is 0.641. The molecular formula is C14H9F3N4O3S. The highest BCUT2D eigenvalue weighted by atomic mass is 32.1. The van der Waals surface area contributed by atoms with Crippen molar-refractivity contribution in [3.05, 3.63) is 46.8 Å². The lowest BCUT2D eigenvalue weighted by Gasteiger charge is -2.00. The van der Waals surface area contributed by atoms with Crippen molar-refractivity contribution in [3.8, 4) is 5.88 Å². The van der Waals surface area contributed by atoms with Crippen LogP contribution in [0.25, 0.3) is 0 Å². The second-order valence-electron chi connectivity index (χ2n) is 4.60. The zero-order valence-electron chi connectivity index (χ0n) is 12.2. The number of thiazole rings is 1. The van der Waals surface area contributed by atoms with E-state index in [0.717, 1.165) is 17.4 Å². The SMILES string of the molecule is Nc1nc(Nc2ccc(F)cc2)sc1C(=O)c1cc(OC(F)F)no1. The number of benzene rings is 1. The van der Waals surface area contributed by atoms with Gasteiger partial charge in [0.2, 0.25) is 11.5 Å². The predicted octanol–water partition coefficient (Wildman–Crippen LogP) is 3.43. The Morgan fingerprint density at radius 1 is 1.32 bits per heavy atom. The van der Waals surface area contributed by atoms with Crippen LogP contribution in [0, 0.1) is 5.82 Å². The van der Waals surface area contributed by atoms with Gasteiger partial charge in [0.05, 0.1) is 6.07 Å². The van der Waals surface area contributed by atoms with Gasteiger partial charge in [-0.3, -0.25) is 4.79 Å². The number of ether oxygens (including phenoxy) is 1. The van der Waals surface area contributed by atoms with E-state index in [1.54, 1.807) is 0 Å². The van der Waals surface area contributed by atoms with Crippen molar-refractivity contribution in [1.29, 1.82) is 0 Å². The molecule has 0 amide bonds. The van der Waals surface area contributed by atoms with Crippen LogP contribution >= 0.6 is 11.3 Å². The van der Waals surface area contributed by atoms with Crippen LogP contribution < -0.4 is 15.8 Å². The summed E-state index contributed by atoms with van der Waals surface area (Å²) in [5.74, 6) is -2.00. The maximum atomic E-state index is 12.9. The summed E-state index contributed by atoms with van der Waals surface area (Å²) in [6.07, 6.45) is 0. The van der Waals surface area contributed by atoms with E-state index in [-0.39, 0.29) is 21.6 Å². The molecule has 0 unspecified atom stereocenters. The number of aromatic nitrogens is 2. The van der Waals surface area contributed by atoms with Crippen LogP contribution in [-0.2, 0) is 0 Å². The number of hydrogen-bond acceptors (Lipinski definition) is 8. The number of halogens is 3. The maximum absolute atomic E-state index is 12.9. The van der Waals surface area contributed by atoms with Gasteiger partial charge >= 0.3 is 6.61 Å². The molecule has 11 heteroatoms. The second kappa shape index (κ2) is 6.81. The van der Waals surface area contributed by atoms with E-state index < -0.39 is 24.1 Å². The first-order valence-electron chi connectivity index (χ1n) is 6.67. The molecular weight excluding hydrogens is 361 g/mol. The predicted molar refractivity (Wildman–Crippen MR) is 82.8 cm³/mol. The van der Waals surface area contributed by atoms with Crippen molar-refractivity contribution in [1.82, 2.24) is 10.1 Å². The second-order valence-corrected chi connectivity index (χ2v) is 5.60. The van der Waals surface area contributed by atoms with Gasteiger partial charge < -0.3 is 20.3 Å². The fourth-order valence-electron chi connectivity index (χ4n) is 1.83. The van der Waals surface area contributed by atoms with Gasteiger partial charge in [0.25, 0.3) is 5.88 Å². The van der Waals surface area contributed by atoms with E-state index in [4.69, 9.17) is 5.73 Å². The van der Waals surface area contributed by atoms with Gasteiger partial charge in [-0.1, -0.05) is 11.3 Å². The van der Waals surface area contributed by atoms with E-state index in [9.17, 15) is 18.0 Å². The Hall–Kier alpha value is -3.08. The summed E-state index contributed by atoms with van der Waals surface area (Å²) in [7, 11) is 0. The summed E-state index contributed by atoms with van der Waals surface area (Å²) in [5, 5.41) is 6.37. The minimum absolute atomic E-state index is 0.0318. The van der Waals surface area contributed by atoms with Crippen LogP contribution in [0.5, 0.6) is 5.88 Å². The number of ketones is 1. The molecule has 0 aliphatic heterocycles. The number of alkyl halides is 2. The van der Waals surface area contributed by atoms with Gasteiger partial charge in [-0.2, -0.15) is 8.78 Å². The zero-order chi connectivity index (χ0) is 18.0. The lowest BCUT2D eigenvalue weighted by atomic mass is 10.2. The van der Waals surface area contributed by atoms with Crippen LogP contribution in [0.2, 0.25) is 0 Å². The Labute approximate surface area is 142 Å². The zero-order valence-corrected chi connectivity index (χ0v) is 13.0. The highest BCUT2D eigenvalue weighted by Crippen LogP contribution is 2.30. The van der Waals surface area contributed by atoms with Gasteiger partial charge in [-0.25, -0.2) is 9.37 Å². The Morgan fingerprint density at radius 2 is 2.04 bits per heavy atom. The third-order valence-electron chi connectivity index (χ3n) is 2.88. The molecule has 0 bridgehead atoms. The number of hydrogen-bond donors (Lipinski definition) is 2. The normalized spacial score (nSPS) is 10.9. The summed E-state index contributed by atoms with van der Waals surface area (Å²) in [4.78, 5) is 16.3. The lowest BCUT2D eigenvalue weighted by Crippen LogP contribution is -2.02. The van der Waals surface area contributed by atoms with Crippen LogP contribution in [-0.4, -0.2) is 22.5 Å². The minimum atomic E-state index is -3.09.